The Morgan fingerprint density at radius 1 is 0.838 bits per heavy atom. The number of nitrogens with zero attached hydrogens (tertiary/aromatic N) is 3. The maximum Gasteiger partial charge on any atom is 0.435 e. The summed E-state index contributed by atoms with van der Waals surface area (Å²) in [7, 11) is 4.66. The Balaban J connectivity index is 1.08. The van der Waals surface area contributed by atoms with E-state index in [1.165, 1.54) is 11.1 Å². The number of hydrogen-bond acceptors (Lipinski definition) is 9. The van der Waals surface area contributed by atoms with Gasteiger partial charge in [-0.1, -0.05) is 47.9 Å². The highest BCUT2D eigenvalue weighted by Crippen LogP contribution is 2.62. The molecule has 7 atom stereocenters. The quantitative estimate of drug-likeness (QED) is 0.0247. The van der Waals surface area contributed by atoms with Crippen LogP contribution in [0, 0.1) is 29.7 Å². The molecule has 1 aromatic carbocycles. The van der Waals surface area contributed by atoms with E-state index in [1.54, 1.807) is 0 Å². The summed E-state index contributed by atoms with van der Waals surface area (Å²) < 4.78 is 158. The molecule has 0 bridgehead atoms. The zero-order valence-corrected chi connectivity index (χ0v) is 43.1. The second kappa shape index (κ2) is 27.2. The summed E-state index contributed by atoms with van der Waals surface area (Å²) in [5, 5.41) is 0. The van der Waals surface area contributed by atoms with E-state index in [0.29, 0.717) is 57.4 Å². The van der Waals surface area contributed by atoms with Crippen LogP contribution in [-0.4, -0.2) is 123 Å². The average molecular weight is 1040 g/mol. The number of benzene rings is 1. The van der Waals surface area contributed by atoms with Crippen LogP contribution in [0.1, 0.15) is 131 Å². The summed E-state index contributed by atoms with van der Waals surface area (Å²) in [6, 6.07) is 6.89. The number of alkyl halides is 9. The third-order valence-electron chi connectivity index (χ3n) is 13.7. The topological polar surface area (TPSA) is 57.0 Å². The van der Waals surface area contributed by atoms with Gasteiger partial charge in [0.2, 0.25) is 6.54 Å². The van der Waals surface area contributed by atoms with Crippen molar-refractivity contribution in [1.29, 1.82) is 0 Å². The van der Waals surface area contributed by atoms with Gasteiger partial charge in [0.15, 0.2) is 0 Å². The van der Waals surface area contributed by atoms with Gasteiger partial charge in [-0.05, 0) is 171 Å². The molecule has 0 amide bonds. The monoisotopic (exact) mass is 1040 g/mol. The largest absolute Gasteiger partial charge is 0.494 e. The highest BCUT2D eigenvalue weighted by molar-refractivity contribution is 8.76. The van der Waals surface area contributed by atoms with Crippen LogP contribution in [0.15, 0.2) is 18.2 Å². The molecule has 20 heteroatoms. The Morgan fingerprint density at radius 2 is 1.51 bits per heavy atom. The van der Waals surface area contributed by atoms with Crippen molar-refractivity contribution in [3.8, 4) is 5.75 Å². The second-order valence-electron chi connectivity index (χ2n) is 19.3. The molecule has 0 aliphatic heterocycles. The van der Waals surface area contributed by atoms with E-state index in [0.717, 1.165) is 94.6 Å². The molecule has 0 spiro atoms. The lowest BCUT2D eigenvalue weighted by Crippen LogP contribution is -2.67. The van der Waals surface area contributed by atoms with Crippen LogP contribution in [0.2, 0.25) is 0 Å². The molecule has 2 unspecified atom stereocenters. The molecule has 2 fully saturated rings. The van der Waals surface area contributed by atoms with Crippen LogP contribution in [-0.2, 0) is 24.9 Å². The Kier molecular flexibility index (Phi) is 23.0. The molecule has 0 N–H and O–H groups in total. The fraction of sp³-hybridized carbons (Fsp3) is 0.854. The van der Waals surface area contributed by atoms with Gasteiger partial charge in [-0.2, -0.15) is 39.5 Å². The minimum Gasteiger partial charge on any atom is -0.494 e. The zero-order valence-electron chi connectivity index (χ0n) is 41.6. The predicted octanol–water partition coefficient (Wildman–Crippen LogP) is 14.3. The maximum atomic E-state index is 13.2. The van der Waals surface area contributed by atoms with E-state index < -0.39 is 45.7 Å². The van der Waals surface area contributed by atoms with Gasteiger partial charge in [-0.25, -0.2) is 11.2 Å². The summed E-state index contributed by atoms with van der Waals surface area (Å²) in [6.07, 6.45) is -10.9. The van der Waals surface area contributed by atoms with Crippen molar-refractivity contribution in [1.82, 2.24) is 9.57 Å². The molecule has 3 aliphatic rings. The van der Waals surface area contributed by atoms with Crippen molar-refractivity contribution in [2.75, 3.05) is 71.2 Å². The van der Waals surface area contributed by atoms with Gasteiger partial charge in [0.1, 0.15) is 12.4 Å². The van der Waals surface area contributed by atoms with Gasteiger partial charge in [-0.15, -0.1) is 0 Å². The summed E-state index contributed by atoms with van der Waals surface area (Å²) in [5.74, 6) is 4.13. The van der Waals surface area contributed by atoms with Crippen molar-refractivity contribution in [3.05, 3.63) is 40.7 Å². The molecule has 3 aliphatic carbocycles. The van der Waals surface area contributed by atoms with E-state index >= 15 is 0 Å². The van der Waals surface area contributed by atoms with Gasteiger partial charge in [0.05, 0.1) is 25.9 Å². The molecular weight excluding hydrogens is 965 g/mol. The second-order valence-corrected chi connectivity index (χ2v) is 23.5. The fourth-order valence-corrected chi connectivity index (χ4v) is 14.2. The van der Waals surface area contributed by atoms with Gasteiger partial charge >= 0.3 is 24.1 Å². The van der Waals surface area contributed by atoms with Crippen LogP contribution >= 0.6 is 30.1 Å². The summed E-state index contributed by atoms with van der Waals surface area (Å²) in [4.78, 5) is 5.79. The number of fused-ring (bicyclic) bond motifs is 5. The molecule has 0 saturated heterocycles. The molecule has 0 heterocycles. The molecular formula is C48H75F9N3O5PS2. The number of unbranched alkanes of at least 4 members (excludes halogenated alkanes) is 1. The Hall–Kier alpha value is -1.23. The number of ether oxygens (including phenoxy) is 3. The van der Waals surface area contributed by atoms with E-state index in [-0.39, 0.29) is 36.1 Å². The van der Waals surface area contributed by atoms with Gasteiger partial charge in [-0.3, -0.25) is 0 Å². The summed E-state index contributed by atoms with van der Waals surface area (Å²) >= 11 is 0. The molecule has 4 rings (SSSR count). The van der Waals surface area contributed by atoms with Gasteiger partial charge in [0.25, 0.3) is 8.53 Å². The van der Waals surface area contributed by atoms with Crippen molar-refractivity contribution in [2.24, 2.45) is 23.2 Å². The van der Waals surface area contributed by atoms with Gasteiger partial charge < -0.3 is 33.0 Å². The third-order valence-corrected chi connectivity index (χ3v) is 18.4. The number of aryl methyl sites for hydroxylation is 1. The molecule has 1 aromatic rings. The minimum atomic E-state index is -6.75. The van der Waals surface area contributed by atoms with Gasteiger partial charge in [0, 0.05) is 31.6 Å². The lowest BCUT2D eigenvalue weighted by Gasteiger charge is -2.50. The first-order valence-electron chi connectivity index (χ1n) is 24.8. The van der Waals surface area contributed by atoms with Crippen LogP contribution in [0.4, 0.5) is 39.5 Å². The SMILES string of the molecule is [2H]CC(CCCCN(C)CCCSSCCCOc1ccc2c(c1)CC[C@@H]1[C@@H]2CC[C@]2(C)[C@@H](OCCCOC(C(F)(F)F)(C(F)(F)F)C(F)(F)F)CC[C@@H]12)COP(OCC[N+]#[C-])N(C(C)C)C(C)C. The molecule has 68 heavy (non-hydrogen) atoms. The van der Waals surface area contributed by atoms with Crippen molar-refractivity contribution >= 4 is 30.1 Å². The Bertz CT molecular complexity index is 1670. The average Bonchev–Trinajstić information content (AvgIpc) is 3.60. The van der Waals surface area contributed by atoms with E-state index in [9.17, 15) is 39.5 Å². The van der Waals surface area contributed by atoms with E-state index in [4.69, 9.17) is 26.5 Å². The zero-order chi connectivity index (χ0) is 51.0. The standard InChI is InChI=1S/C48H75F9N3O5PS2/c1-34(2)60(35(3)4)66(64-29-23-58-7)65-33-36(5)14-9-10-24-59(8)25-11-30-67-68-31-13-27-61-38-16-18-39-37(32-38)15-17-41-40(39)21-22-44(6)42(41)19-20-43(44)62-26-12-28-63-45(46(49,50)51,47(52,53)54)48(55,56)57/h16,18,32,34-36,40-43H,9-15,17,19-31,33H2,1-6,8H3/t36?,40-,41-,42+,43+,44+,66?/m1/s1/i5D. The third kappa shape index (κ3) is 15.9. The first-order valence-corrected chi connectivity index (χ1v) is 27.7. The normalized spacial score (nSPS) is 23.4. The Labute approximate surface area is 410 Å². The predicted molar refractivity (Wildman–Crippen MR) is 255 cm³/mol. The maximum absolute atomic E-state index is 13.2. The van der Waals surface area contributed by atoms with Crippen molar-refractivity contribution in [3.63, 3.8) is 0 Å². The van der Waals surface area contributed by atoms with E-state index in [2.05, 4.69) is 73.0 Å². The molecule has 8 nitrogen and oxygen atoms in total. The number of rotatable bonds is 30. The highest BCUT2D eigenvalue weighted by Gasteiger charge is 2.85. The minimum absolute atomic E-state index is 0.154. The smallest absolute Gasteiger partial charge is 0.435 e. The first kappa shape index (κ1) is 57.7. The fourth-order valence-electron chi connectivity index (χ4n) is 10.4. The number of hydrogen-bond donors (Lipinski definition) is 0. The lowest BCUT2D eigenvalue weighted by molar-refractivity contribution is -0.457. The van der Waals surface area contributed by atoms with Crippen molar-refractivity contribution in [2.45, 2.75) is 167 Å². The number of halogens is 9. The highest BCUT2D eigenvalue weighted by atomic mass is 33.1. The first-order chi connectivity index (χ1) is 32.5. The van der Waals surface area contributed by atoms with Crippen molar-refractivity contribution < 1.29 is 64.1 Å². The van der Waals surface area contributed by atoms with Crippen LogP contribution in [0.25, 0.3) is 4.85 Å². The van der Waals surface area contributed by atoms with Crippen LogP contribution in [0.3, 0.4) is 0 Å². The molecule has 2 saturated carbocycles. The molecule has 392 valence electrons. The van der Waals surface area contributed by atoms with E-state index in [1.807, 2.05) is 27.7 Å². The summed E-state index contributed by atoms with van der Waals surface area (Å²) in [5.41, 5.74) is -3.91. The van der Waals surface area contributed by atoms with Crippen LogP contribution < -0.4 is 4.74 Å². The van der Waals surface area contributed by atoms with Crippen LogP contribution in [0.5, 0.6) is 5.75 Å². The Morgan fingerprint density at radius 3 is 2.16 bits per heavy atom. The molecule has 0 radical (unpaired) electrons. The molecule has 0 aromatic heterocycles. The lowest BCUT2D eigenvalue weighted by atomic mass is 9.55. The summed E-state index contributed by atoms with van der Waals surface area (Å²) in [6.45, 7) is 20.1.